The molecule has 0 aliphatic heterocycles. The van der Waals surface area contributed by atoms with E-state index >= 15 is 0 Å². The molecule has 0 saturated carbocycles. The Morgan fingerprint density at radius 3 is 0.931 bits per heavy atom. The molecule has 6 heterocycles. The molecule has 12 aromatic rings. The Hall–Kier alpha value is -11.3. The van der Waals surface area contributed by atoms with Gasteiger partial charge in [-0.15, -0.1) is 203 Å². The van der Waals surface area contributed by atoms with Gasteiger partial charge >= 0.3 is 64.3 Å². The van der Waals surface area contributed by atoms with Crippen molar-refractivity contribution in [1.82, 2.24) is 40.5 Å². The quantitative estimate of drug-likeness (QED) is 0.0377. The largest absolute Gasteiger partial charge is 3.00 e. The van der Waals surface area contributed by atoms with Crippen LogP contribution < -0.4 is 20.1 Å². The number of pyridine rings is 6. The number of nitrogens with zero attached hydrogens (tertiary/aromatic N) is 6. The number of carbonyl (C=O) groups is 4. The van der Waals surface area contributed by atoms with Crippen molar-refractivity contribution < 1.29 is 78.3 Å². The van der Waals surface area contributed by atoms with Crippen molar-refractivity contribution in [3.63, 3.8) is 0 Å². The van der Waals surface area contributed by atoms with Gasteiger partial charge in [0.2, 0.25) is 0 Å². The van der Waals surface area contributed by atoms with Gasteiger partial charge in [0, 0.05) is 42.8 Å². The minimum atomic E-state index is -0.639. The van der Waals surface area contributed by atoms with Crippen LogP contribution in [0.1, 0.15) is 41.5 Å². The van der Waals surface area contributed by atoms with Crippen LogP contribution >= 0.6 is 0 Å². The van der Waals surface area contributed by atoms with Crippen molar-refractivity contribution in [2.75, 3.05) is 26.3 Å². The van der Waals surface area contributed by atoms with Crippen LogP contribution in [0.5, 0.6) is 11.5 Å². The topological polar surface area (TPSA) is 207 Å². The van der Waals surface area contributed by atoms with Gasteiger partial charge in [-0.1, -0.05) is 93.7 Å². The number of benzene rings is 6. The maximum absolute atomic E-state index is 11.9. The first kappa shape index (κ1) is 82.2. The van der Waals surface area contributed by atoms with E-state index in [1.54, 1.807) is 80.5 Å². The number of amides is 2. The number of esters is 2. The molecule has 2 amide bonds. The summed E-state index contributed by atoms with van der Waals surface area (Å²) < 4.78 is 20.4. The Morgan fingerprint density at radius 1 is 0.396 bits per heavy atom. The zero-order chi connectivity index (χ0) is 69.3. The molecule has 0 radical (unpaired) electrons. The van der Waals surface area contributed by atoms with E-state index in [0.717, 1.165) is 67.5 Å². The molecule has 0 spiro atoms. The van der Waals surface area contributed by atoms with Crippen LogP contribution in [0.15, 0.2) is 292 Å². The van der Waals surface area contributed by atoms with E-state index in [4.69, 9.17) is 18.9 Å². The van der Waals surface area contributed by atoms with Crippen molar-refractivity contribution in [3.8, 4) is 79.0 Å². The Kier molecular flexibility index (Phi) is 38.1. The summed E-state index contributed by atoms with van der Waals surface area (Å²) in [5.74, 6) is -0.0330. The zero-order valence-electron chi connectivity index (χ0n) is 55.4. The summed E-state index contributed by atoms with van der Waals surface area (Å²) in [4.78, 5) is 71.9. The van der Waals surface area contributed by atoms with Crippen molar-refractivity contribution in [3.05, 3.63) is 328 Å². The predicted molar refractivity (Wildman–Crippen MR) is 387 cm³/mol. The molecule has 18 heteroatoms. The maximum Gasteiger partial charge on any atom is 3.00 e. The molecule has 514 valence electrons. The molecule has 0 aliphatic rings. The summed E-state index contributed by atoms with van der Waals surface area (Å²) >= 11 is 0. The molecule has 0 atom stereocenters. The van der Waals surface area contributed by atoms with Gasteiger partial charge < -0.3 is 59.5 Å². The molecule has 0 aliphatic carbocycles. The van der Waals surface area contributed by atoms with E-state index in [9.17, 15) is 19.2 Å². The van der Waals surface area contributed by atoms with Crippen LogP contribution in [-0.2, 0) is 59.3 Å². The normalized spacial score (nSPS) is 9.74. The number of hydrogen-bond donors (Lipinski definition) is 2. The molecule has 12 rings (SSSR count). The number of hydrogen-bond acceptors (Lipinski definition) is 14. The van der Waals surface area contributed by atoms with Gasteiger partial charge in [0.25, 0.3) is 0 Å². The summed E-state index contributed by atoms with van der Waals surface area (Å²) in [5.41, 5.74) is 10.7. The van der Waals surface area contributed by atoms with Crippen LogP contribution in [0.3, 0.4) is 0 Å². The molecule has 2 N–H and O–H groups in total. The van der Waals surface area contributed by atoms with Gasteiger partial charge in [0.15, 0.2) is 0 Å². The average molecular weight is 1700 g/mol. The molecule has 16 nitrogen and oxygen atoms in total. The van der Waals surface area contributed by atoms with Crippen LogP contribution in [0.4, 0.5) is 9.59 Å². The van der Waals surface area contributed by atoms with Crippen LogP contribution in [-0.4, -0.2) is 80.3 Å². The second-order valence-corrected chi connectivity index (χ2v) is 21.2. The minimum Gasteiger partial charge on any atom is -0.463 e. The summed E-state index contributed by atoms with van der Waals surface area (Å²) in [6.45, 7) is 11.0. The number of nitrogens with one attached hydrogen (secondary N) is 2. The standard InChI is InChI=1S/C20H23N2O4.C18H17N2O4.4C11H8N.CH4.2Ir/c1-4-20(2,3)18(23)25-13-12-22-19(24)26-16-9-7-8-15(14-16)17-10-5-6-11-21-17;1-13(2)17(21)23-11-10-20-18(22)24-15-7-5-6-14(12-15)16-8-3-4-9-19-16;4*1-2-6-10(7-3-1)11-8-4-5-9-12-11;;;/h5-7,9-11,14H,4,12-13H2,1-3H3,(H,22,24);3-5,7-9,12H,1,10-11H2,2H3,(H,20,22);4*1-6,8-9H;1H4;;/q6*-1;;2*+3. The van der Waals surface area contributed by atoms with E-state index in [0.29, 0.717) is 23.5 Å². The molecule has 0 fully saturated rings. The Bertz CT molecular complexity index is 3820. The summed E-state index contributed by atoms with van der Waals surface area (Å²) in [5, 5.41) is 5.04. The first-order valence-electron chi connectivity index (χ1n) is 31.1. The number of ether oxygens (including phenoxy) is 4. The summed E-state index contributed by atoms with van der Waals surface area (Å²) in [7, 11) is 0. The molecule has 6 aromatic heterocycles. The van der Waals surface area contributed by atoms with Crippen molar-refractivity contribution in [2.24, 2.45) is 5.41 Å². The van der Waals surface area contributed by atoms with Crippen LogP contribution in [0, 0.1) is 41.8 Å². The third-order valence-corrected chi connectivity index (χ3v) is 13.4. The molecule has 0 unspecified atom stereocenters. The number of rotatable bonds is 17. The summed E-state index contributed by atoms with van der Waals surface area (Å²) in [6, 6.07) is 94.4. The SMILES string of the molecule is C.C=C(C)C(=O)OCCNC(=O)Oc1cc[c-]c(-c2ccccn2)c1.CCC(C)(C)C(=O)OCCNC(=O)Oc1cc[c-]c(-c2ccccn2)c1.[Ir+3].[Ir+3].[c-]1ccccc1-c1ccccn1.[c-]1ccccc1-c1ccccn1.[c-]1ccccc1-c1ccccn1.[c-]1ccccc1-c1ccccn1. The minimum absolute atomic E-state index is 0. The van der Waals surface area contributed by atoms with E-state index in [2.05, 4.69) is 83.5 Å². The molecule has 101 heavy (non-hydrogen) atoms. The second kappa shape index (κ2) is 46.9. The number of carbonyl (C=O) groups excluding carboxylic acids is 4. The second-order valence-electron chi connectivity index (χ2n) is 21.2. The maximum atomic E-state index is 11.9. The van der Waals surface area contributed by atoms with E-state index < -0.39 is 23.6 Å². The Balaban J connectivity index is 0.000000264. The first-order chi connectivity index (χ1) is 47.8. The summed E-state index contributed by atoms with van der Waals surface area (Å²) in [6.07, 6.45) is 9.94. The number of aromatic nitrogens is 6. The predicted octanol–water partition coefficient (Wildman–Crippen LogP) is 17.2. The monoisotopic (exact) mass is 1700 g/mol. The molecular formula is C83H76Ir2N8O8. The first-order valence-corrected chi connectivity index (χ1v) is 31.1. The molecular weight excluding hydrogens is 1620 g/mol. The van der Waals surface area contributed by atoms with Crippen LogP contribution in [0.25, 0.3) is 67.5 Å². The van der Waals surface area contributed by atoms with E-state index in [1.807, 2.05) is 227 Å². The smallest absolute Gasteiger partial charge is 0.463 e. The van der Waals surface area contributed by atoms with Crippen molar-refractivity contribution in [2.45, 2.75) is 41.5 Å². The average Bonchev–Trinajstić information content (AvgIpc) is 0.901. The van der Waals surface area contributed by atoms with Gasteiger partial charge in [0.1, 0.15) is 13.2 Å². The van der Waals surface area contributed by atoms with Gasteiger partial charge in [-0.2, -0.15) is 0 Å². The van der Waals surface area contributed by atoms with E-state index in [-0.39, 0.29) is 79.9 Å². The third kappa shape index (κ3) is 30.6. The fourth-order valence-corrected chi connectivity index (χ4v) is 8.00. The molecule has 0 saturated heterocycles. The third-order valence-electron chi connectivity index (χ3n) is 13.4. The Morgan fingerprint density at radius 2 is 0.673 bits per heavy atom. The van der Waals surface area contributed by atoms with E-state index in [1.165, 1.54) is 0 Å². The van der Waals surface area contributed by atoms with Gasteiger partial charge in [-0.05, 0) is 97.8 Å². The van der Waals surface area contributed by atoms with Crippen LogP contribution in [0.2, 0.25) is 0 Å². The van der Waals surface area contributed by atoms with Crippen molar-refractivity contribution >= 4 is 24.1 Å². The van der Waals surface area contributed by atoms with Gasteiger partial charge in [0.05, 0.1) is 30.0 Å². The fourth-order valence-electron chi connectivity index (χ4n) is 8.00. The zero-order valence-corrected chi connectivity index (χ0v) is 60.2. The van der Waals surface area contributed by atoms with Gasteiger partial charge in [-0.25, -0.2) is 14.4 Å². The molecule has 6 aromatic carbocycles. The Labute approximate surface area is 619 Å². The molecule has 0 bridgehead atoms. The fraction of sp³-hybridized carbons (Fsp3) is 0.133. The van der Waals surface area contributed by atoms with Gasteiger partial charge in [-0.3, -0.25) is 4.79 Å². The van der Waals surface area contributed by atoms with Crippen molar-refractivity contribution in [1.29, 1.82) is 0 Å².